The summed E-state index contributed by atoms with van der Waals surface area (Å²) in [7, 11) is 0. The van der Waals surface area contributed by atoms with Crippen molar-refractivity contribution < 1.29 is 4.39 Å². The van der Waals surface area contributed by atoms with Crippen LogP contribution >= 0.6 is 11.3 Å². The van der Waals surface area contributed by atoms with Crippen LogP contribution in [0.1, 0.15) is 28.4 Å². The fraction of sp³-hybridized carbons (Fsp3) is 0.308. The standard InChI is InChI=1S/C13H15FN2S/c1-9-3-5-12(17-9)8-15-10(2)13-6-4-11(14)7-16-13/h3-7,10,15H,8H2,1-2H3. The summed E-state index contributed by atoms with van der Waals surface area (Å²) >= 11 is 1.78. The Kier molecular flexibility index (Phi) is 3.86. The summed E-state index contributed by atoms with van der Waals surface area (Å²) < 4.78 is 12.7. The maximum atomic E-state index is 12.7. The number of aryl methyl sites for hydroxylation is 1. The first-order valence-corrected chi connectivity index (χ1v) is 6.37. The van der Waals surface area contributed by atoms with E-state index in [1.807, 2.05) is 6.92 Å². The lowest BCUT2D eigenvalue weighted by molar-refractivity contribution is 0.558. The Bertz CT molecular complexity index is 478. The quantitative estimate of drug-likeness (QED) is 0.899. The second-order valence-corrected chi connectivity index (χ2v) is 5.39. The average molecular weight is 250 g/mol. The first-order chi connectivity index (χ1) is 8.15. The van der Waals surface area contributed by atoms with Crippen molar-refractivity contribution in [2.75, 3.05) is 0 Å². The van der Waals surface area contributed by atoms with Crippen molar-refractivity contribution in [3.05, 3.63) is 51.7 Å². The Morgan fingerprint density at radius 3 is 2.76 bits per heavy atom. The molecule has 90 valence electrons. The fourth-order valence-electron chi connectivity index (χ4n) is 1.58. The van der Waals surface area contributed by atoms with E-state index in [0.29, 0.717) is 0 Å². The van der Waals surface area contributed by atoms with Gasteiger partial charge in [0.2, 0.25) is 0 Å². The van der Waals surface area contributed by atoms with E-state index in [1.165, 1.54) is 22.0 Å². The van der Waals surface area contributed by atoms with E-state index in [9.17, 15) is 4.39 Å². The zero-order chi connectivity index (χ0) is 12.3. The SMILES string of the molecule is Cc1ccc(CNC(C)c2ccc(F)cn2)s1. The fourth-order valence-corrected chi connectivity index (χ4v) is 2.42. The number of hydrogen-bond donors (Lipinski definition) is 1. The number of pyridine rings is 1. The molecule has 0 radical (unpaired) electrons. The number of rotatable bonds is 4. The van der Waals surface area contributed by atoms with Gasteiger partial charge in [0, 0.05) is 22.3 Å². The molecule has 1 N–H and O–H groups in total. The maximum Gasteiger partial charge on any atom is 0.141 e. The number of thiophene rings is 1. The lowest BCUT2D eigenvalue weighted by atomic mass is 10.2. The molecule has 1 unspecified atom stereocenters. The zero-order valence-corrected chi connectivity index (χ0v) is 10.7. The van der Waals surface area contributed by atoms with Crippen molar-refractivity contribution in [1.82, 2.24) is 10.3 Å². The molecule has 0 aliphatic rings. The van der Waals surface area contributed by atoms with Crippen molar-refractivity contribution in [2.45, 2.75) is 26.4 Å². The molecule has 1 atom stereocenters. The van der Waals surface area contributed by atoms with Gasteiger partial charge in [-0.2, -0.15) is 0 Å². The van der Waals surface area contributed by atoms with Crippen molar-refractivity contribution in [1.29, 1.82) is 0 Å². The third-order valence-electron chi connectivity index (χ3n) is 2.57. The molecule has 2 aromatic rings. The third-order valence-corrected chi connectivity index (χ3v) is 3.57. The normalized spacial score (nSPS) is 12.6. The summed E-state index contributed by atoms with van der Waals surface area (Å²) in [5, 5.41) is 3.37. The molecule has 2 aromatic heterocycles. The van der Waals surface area contributed by atoms with Gasteiger partial charge in [0.25, 0.3) is 0 Å². The van der Waals surface area contributed by atoms with Gasteiger partial charge in [0.05, 0.1) is 11.9 Å². The van der Waals surface area contributed by atoms with Gasteiger partial charge >= 0.3 is 0 Å². The van der Waals surface area contributed by atoms with Crippen LogP contribution in [0.4, 0.5) is 4.39 Å². The Morgan fingerprint density at radius 2 is 2.18 bits per heavy atom. The maximum absolute atomic E-state index is 12.7. The van der Waals surface area contributed by atoms with E-state index in [2.05, 4.69) is 29.4 Å². The molecule has 0 aliphatic carbocycles. The van der Waals surface area contributed by atoms with Gasteiger partial charge in [-0.3, -0.25) is 4.98 Å². The Morgan fingerprint density at radius 1 is 1.35 bits per heavy atom. The molecule has 0 saturated carbocycles. The van der Waals surface area contributed by atoms with Gasteiger partial charge in [0.1, 0.15) is 5.82 Å². The molecule has 0 spiro atoms. The number of hydrogen-bond acceptors (Lipinski definition) is 3. The third kappa shape index (κ3) is 3.35. The Hall–Kier alpha value is -1.26. The molecule has 0 aliphatic heterocycles. The first-order valence-electron chi connectivity index (χ1n) is 5.55. The summed E-state index contributed by atoms with van der Waals surface area (Å²) in [6.45, 7) is 4.94. The molecule has 0 amide bonds. The van der Waals surface area contributed by atoms with Crippen LogP contribution < -0.4 is 5.32 Å². The van der Waals surface area contributed by atoms with Crippen LogP contribution in [0.15, 0.2) is 30.5 Å². The molecule has 2 nitrogen and oxygen atoms in total. The molecule has 0 fully saturated rings. The van der Waals surface area contributed by atoms with Crippen molar-refractivity contribution in [3.8, 4) is 0 Å². The smallest absolute Gasteiger partial charge is 0.141 e. The van der Waals surface area contributed by atoms with Gasteiger partial charge in [-0.15, -0.1) is 11.3 Å². The van der Waals surface area contributed by atoms with Crippen LogP contribution in [0.5, 0.6) is 0 Å². The molecule has 0 aromatic carbocycles. The van der Waals surface area contributed by atoms with E-state index in [0.717, 1.165) is 12.2 Å². The van der Waals surface area contributed by atoms with Crippen LogP contribution in [0.25, 0.3) is 0 Å². The minimum atomic E-state index is -0.296. The summed E-state index contributed by atoms with van der Waals surface area (Å²) in [5.41, 5.74) is 0.861. The molecule has 2 rings (SSSR count). The minimum Gasteiger partial charge on any atom is -0.304 e. The number of aromatic nitrogens is 1. The topological polar surface area (TPSA) is 24.9 Å². The van der Waals surface area contributed by atoms with E-state index < -0.39 is 0 Å². The van der Waals surface area contributed by atoms with Gasteiger partial charge in [-0.25, -0.2) is 4.39 Å². The minimum absolute atomic E-state index is 0.123. The number of nitrogens with zero attached hydrogens (tertiary/aromatic N) is 1. The van der Waals surface area contributed by atoms with Crippen molar-refractivity contribution in [3.63, 3.8) is 0 Å². The summed E-state index contributed by atoms with van der Waals surface area (Å²) in [4.78, 5) is 6.68. The van der Waals surface area contributed by atoms with E-state index in [4.69, 9.17) is 0 Å². The van der Waals surface area contributed by atoms with Gasteiger partial charge < -0.3 is 5.32 Å². The van der Waals surface area contributed by atoms with Crippen LogP contribution in [-0.2, 0) is 6.54 Å². The summed E-state index contributed by atoms with van der Waals surface area (Å²) in [6, 6.07) is 7.51. The average Bonchev–Trinajstić information content (AvgIpc) is 2.73. The highest BCUT2D eigenvalue weighted by molar-refractivity contribution is 7.11. The molecule has 17 heavy (non-hydrogen) atoms. The lowest BCUT2D eigenvalue weighted by Crippen LogP contribution is -2.18. The highest BCUT2D eigenvalue weighted by atomic mass is 32.1. The predicted molar refractivity (Wildman–Crippen MR) is 68.5 cm³/mol. The van der Waals surface area contributed by atoms with E-state index in [1.54, 1.807) is 17.4 Å². The van der Waals surface area contributed by atoms with Crippen molar-refractivity contribution in [2.24, 2.45) is 0 Å². The molecular formula is C13H15FN2S. The first kappa shape index (κ1) is 12.2. The predicted octanol–water partition coefficient (Wildman–Crippen LogP) is 3.44. The van der Waals surface area contributed by atoms with Crippen molar-refractivity contribution >= 4 is 11.3 Å². The van der Waals surface area contributed by atoms with Gasteiger partial charge in [-0.1, -0.05) is 0 Å². The van der Waals surface area contributed by atoms with Crippen LogP contribution in [-0.4, -0.2) is 4.98 Å². The molecule has 2 heterocycles. The lowest BCUT2D eigenvalue weighted by Gasteiger charge is -2.12. The Labute approximate surface area is 105 Å². The zero-order valence-electron chi connectivity index (χ0n) is 9.90. The second-order valence-electron chi connectivity index (χ2n) is 4.02. The summed E-state index contributed by atoms with van der Waals surface area (Å²) in [6.07, 6.45) is 1.25. The van der Waals surface area contributed by atoms with Gasteiger partial charge in [-0.05, 0) is 38.1 Å². The second kappa shape index (κ2) is 5.38. The molecule has 0 bridgehead atoms. The molecular weight excluding hydrogens is 235 g/mol. The largest absolute Gasteiger partial charge is 0.304 e. The van der Waals surface area contributed by atoms with Gasteiger partial charge in [0.15, 0.2) is 0 Å². The Balaban J connectivity index is 1.93. The van der Waals surface area contributed by atoms with E-state index in [-0.39, 0.29) is 11.9 Å². The highest BCUT2D eigenvalue weighted by Crippen LogP contribution is 2.16. The van der Waals surface area contributed by atoms with Crippen LogP contribution in [0.3, 0.4) is 0 Å². The highest BCUT2D eigenvalue weighted by Gasteiger charge is 2.06. The van der Waals surface area contributed by atoms with Crippen LogP contribution in [0.2, 0.25) is 0 Å². The monoisotopic (exact) mass is 250 g/mol. The van der Waals surface area contributed by atoms with Crippen LogP contribution in [0, 0.1) is 12.7 Å². The number of nitrogens with one attached hydrogen (secondary N) is 1. The number of halogens is 1. The van der Waals surface area contributed by atoms with E-state index >= 15 is 0 Å². The molecule has 0 saturated heterocycles. The molecule has 4 heteroatoms. The summed E-state index contributed by atoms with van der Waals surface area (Å²) in [5.74, 6) is -0.296.